The first-order chi connectivity index (χ1) is 11.8. The average Bonchev–Trinajstić information content (AvgIpc) is 2.63. The lowest BCUT2D eigenvalue weighted by atomic mass is 9.88. The second kappa shape index (κ2) is 8.08. The summed E-state index contributed by atoms with van der Waals surface area (Å²) < 4.78 is 5.93. The van der Waals surface area contributed by atoms with Gasteiger partial charge in [-0.15, -0.1) is 0 Å². The van der Waals surface area contributed by atoms with Gasteiger partial charge in [0.2, 0.25) is 5.91 Å². The van der Waals surface area contributed by atoms with Crippen molar-refractivity contribution in [3.8, 4) is 0 Å². The predicted molar refractivity (Wildman–Crippen MR) is 95.7 cm³/mol. The number of rotatable bonds is 5. The van der Waals surface area contributed by atoms with Gasteiger partial charge >= 0.3 is 0 Å². The van der Waals surface area contributed by atoms with Crippen LogP contribution in [-0.2, 0) is 16.1 Å². The molecule has 2 atom stereocenters. The summed E-state index contributed by atoms with van der Waals surface area (Å²) in [5.41, 5.74) is 3.06. The van der Waals surface area contributed by atoms with E-state index in [0.717, 1.165) is 36.2 Å². The lowest BCUT2D eigenvalue weighted by Gasteiger charge is -2.31. The molecule has 1 saturated heterocycles. The van der Waals surface area contributed by atoms with Crippen molar-refractivity contribution in [3.63, 3.8) is 0 Å². The molecule has 0 radical (unpaired) electrons. The molecule has 24 heavy (non-hydrogen) atoms. The van der Waals surface area contributed by atoms with Crippen LogP contribution in [0, 0.1) is 5.92 Å². The number of benzene rings is 2. The Kier molecular flexibility index (Phi) is 5.62. The number of amides is 1. The van der Waals surface area contributed by atoms with Gasteiger partial charge in [-0.05, 0) is 43.1 Å². The summed E-state index contributed by atoms with van der Waals surface area (Å²) in [5.74, 6) is -0.126. The summed E-state index contributed by atoms with van der Waals surface area (Å²) in [6.07, 6.45) is 1.60. The van der Waals surface area contributed by atoms with E-state index in [1.54, 1.807) is 0 Å². The quantitative estimate of drug-likeness (QED) is 0.885. The fraction of sp³-hybridized carbons (Fsp3) is 0.350. The molecule has 2 N–H and O–H groups in total. The number of hydrogen-bond acceptors (Lipinski definition) is 3. The SMILES string of the molecule is CNCc1cccc(NC(=O)C2CCCOC2c2ccccc2)c1. The molecule has 3 rings (SSSR count). The maximum Gasteiger partial charge on any atom is 0.230 e. The van der Waals surface area contributed by atoms with Crippen molar-refractivity contribution in [1.82, 2.24) is 5.32 Å². The molecule has 1 aliphatic rings. The van der Waals surface area contributed by atoms with Gasteiger partial charge in [-0.3, -0.25) is 4.79 Å². The number of nitrogens with one attached hydrogen (secondary N) is 2. The molecule has 2 unspecified atom stereocenters. The number of hydrogen-bond donors (Lipinski definition) is 2. The highest BCUT2D eigenvalue weighted by Gasteiger charge is 2.33. The van der Waals surface area contributed by atoms with E-state index in [-0.39, 0.29) is 17.9 Å². The smallest absolute Gasteiger partial charge is 0.230 e. The molecule has 0 saturated carbocycles. The Bertz CT molecular complexity index is 672. The molecule has 4 heteroatoms. The summed E-state index contributed by atoms with van der Waals surface area (Å²) in [5, 5.41) is 6.19. The molecule has 2 aromatic carbocycles. The highest BCUT2D eigenvalue weighted by molar-refractivity contribution is 5.93. The Morgan fingerprint density at radius 2 is 2.00 bits per heavy atom. The normalized spacial score (nSPS) is 20.5. The summed E-state index contributed by atoms with van der Waals surface area (Å²) in [6.45, 7) is 1.49. The first kappa shape index (κ1) is 16.7. The lowest BCUT2D eigenvalue weighted by Crippen LogP contribution is -2.33. The Labute approximate surface area is 143 Å². The van der Waals surface area contributed by atoms with Crippen molar-refractivity contribution in [2.75, 3.05) is 19.0 Å². The van der Waals surface area contributed by atoms with Crippen LogP contribution in [0.5, 0.6) is 0 Å². The Morgan fingerprint density at radius 1 is 1.17 bits per heavy atom. The van der Waals surface area contributed by atoms with Crippen LogP contribution in [0.1, 0.15) is 30.1 Å². The van der Waals surface area contributed by atoms with Crippen LogP contribution >= 0.6 is 0 Å². The molecule has 4 nitrogen and oxygen atoms in total. The monoisotopic (exact) mass is 324 g/mol. The minimum Gasteiger partial charge on any atom is -0.373 e. The number of ether oxygens (including phenoxy) is 1. The van der Waals surface area contributed by atoms with Gasteiger partial charge in [0.05, 0.1) is 12.0 Å². The third kappa shape index (κ3) is 4.02. The standard InChI is InChI=1S/C20H24N2O2/c1-21-14-15-7-5-10-17(13-15)22-20(23)18-11-6-12-24-19(18)16-8-3-2-4-9-16/h2-5,7-10,13,18-19,21H,6,11-12,14H2,1H3,(H,22,23). The maximum absolute atomic E-state index is 12.8. The highest BCUT2D eigenvalue weighted by atomic mass is 16.5. The Morgan fingerprint density at radius 3 is 2.79 bits per heavy atom. The van der Waals surface area contributed by atoms with Gasteiger partial charge in [-0.1, -0.05) is 42.5 Å². The average molecular weight is 324 g/mol. The van der Waals surface area contributed by atoms with Crippen molar-refractivity contribution in [1.29, 1.82) is 0 Å². The van der Waals surface area contributed by atoms with Gasteiger partial charge in [0, 0.05) is 18.8 Å². The second-order valence-electron chi connectivity index (χ2n) is 6.17. The van der Waals surface area contributed by atoms with E-state index in [1.165, 1.54) is 0 Å². The molecule has 1 amide bonds. The Hall–Kier alpha value is -2.17. The molecule has 1 aliphatic heterocycles. The number of carbonyl (C=O) groups is 1. The van der Waals surface area contributed by atoms with Gasteiger partial charge in [0.15, 0.2) is 0 Å². The van der Waals surface area contributed by atoms with Crippen LogP contribution in [0.15, 0.2) is 54.6 Å². The van der Waals surface area contributed by atoms with Gasteiger partial charge in [-0.2, -0.15) is 0 Å². The molecule has 0 aliphatic carbocycles. The van der Waals surface area contributed by atoms with Crippen LogP contribution in [0.2, 0.25) is 0 Å². The molecule has 2 aromatic rings. The van der Waals surface area contributed by atoms with Crippen molar-refractivity contribution >= 4 is 11.6 Å². The first-order valence-corrected chi connectivity index (χ1v) is 8.49. The number of carbonyl (C=O) groups excluding carboxylic acids is 1. The third-order valence-electron chi connectivity index (χ3n) is 4.36. The fourth-order valence-corrected chi connectivity index (χ4v) is 3.22. The van der Waals surface area contributed by atoms with E-state index >= 15 is 0 Å². The highest BCUT2D eigenvalue weighted by Crippen LogP contribution is 2.34. The van der Waals surface area contributed by atoms with Gasteiger partial charge in [-0.25, -0.2) is 0 Å². The number of anilines is 1. The summed E-state index contributed by atoms with van der Waals surface area (Å²) in [6, 6.07) is 18.0. The lowest BCUT2D eigenvalue weighted by molar-refractivity contribution is -0.129. The van der Waals surface area contributed by atoms with Crippen molar-refractivity contribution in [2.24, 2.45) is 5.92 Å². The zero-order valence-electron chi connectivity index (χ0n) is 14.0. The van der Waals surface area contributed by atoms with Crippen LogP contribution < -0.4 is 10.6 Å². The molecule has 126 valence electrons. The predicted octanol–water partition coefficient (Wildman–Crippen LogP) is 3.51. The fourth-order valence-electron chi connectivity index (χ4n) is 3.22. The molecule has 1 fully saturated rings. The topological polar surface area (TPSA) is 50.4 Å². The first-order valence-electron chi connectivity index (χ1n) is 8.49. The van der Waals surface area contributed by atoms with Gasteiger partial charge < -0.3 is 15.4 Å². The zero-order chi connectivity index (χ0) is 16.8. The van der Waals surface area contributed by atoms with Crippen LogP contribution in [-0.4, -0.2) is 19.6 Å². The molecule has 0 spiro atoms. The maximum atomic E-state index is 12.8. The molecule has 0 bridgehead atoms. The van der Waals surface area contributed by atoms with Crippen molar-refractivity contribution in [2.45, 2.75) is 25.5 Å². The van der Waals surface area contributed by atoms with E-state index in [9.17, 15) is 4.79 Å². The van der Waals surface area contributed by atoms with E-state index < -0.39 is 0 Å². The largest absolute Gasteiger partial charge is 0.373 e. The van der Waals surface area contributed by atoms with Crippen molar-refractivity contribution in [3.05, 3.63) is 65.7 Å². The Balaban J connectivity index is 1.74. The van der Waals surface area contributed by atoms with E-state index in [0.29, 0.717) is 6.61 Å². The van der Waals surface area contributed by atoms with Crippen molar-refractivity contribution < 1.29 is 9.53 Å². The molecule has 1 heterocycles. The summed E-state index contributed by atoms with van der Waals surface area (Å²) in [4.78, 5) is 12.8. The van der Waals surface area contributed by atoms with Crippen LogP contribution in [0.3, 0.4) is 0 Å². The summed E-state index contributed by atoms with van der Waals surface area (Å²) >= 11 is 0. The second-order valence-corrected chi connectivity index (χ2v) is 6.17. The van der Waals surface area contributed by atoms with E-state index in [4.69, 9.17) is 4.74 Å². The van der Waals surface area contributed by atoms with Gasteiger partial charge in [0.1, 0.15) is 0 Å². The van der Waals surface area contributed by atoms with Crippen LogP contribution in [0.4, 0.5) is 5.69 Å². The van der Waals surface area contributed by atoms with E-state index in [1.807, 2.05) is 61.6 Å². The minimum absolute atomic E-state index is 0.0326. The molecular weight excluding hydrogens is 300 g/mol. The van der Waals surface area contributed by atoms with E-state index in [2.05, 4.69) is 10.6 Å². The third-order valence-corrected chi connectivity index (χ3v) is 4.36. The van der Waals surface area contributed by atoms with Crippen LogP contribution in [0.25, 0.3) is 0 Å². The minimum atomic E-state index is -0.166. The summed E-state index contributed by atoms with van der Waals surface area (Å²) in [7, 11) is 1.91. The van der Waals surface area contributed by atoms with Gasteiger partial charge in [0.25, 0.3) is 0 Å². The zero-order valence-corrected chi connectivity index (χ0v) is 14.0. The molecule has 0 aromatic heterocycles. The molecular formula is C20H24N2O2.